The summed E-state index contributed by atoms with van der Waals surface area (Å²) >= 11 is 0. The molecule has 158 valence electrons. The summed E-state index contributed by atoms with van der Waals surface area (Å²) < 4.78 is 32.4. The summed E-state index contributed by atoms with van der Waals surface area (Å²) in [7, 11) is 3.74. The molecule has 0 saturated carbocycles. The average molecular weight is 414 g/mol. The van der Waals surface area contributed by atoms with Crippen LogP contribution < -0.4 is 5.32 Å². The number of nitrogens with zero attached hydrogens (tertiary/aromatic N) is 3. The minimum atomic E-state index is -0.341. The summed E-state index contributed by atoms with van der Waals surface area (Å²) in [6, 6.07) is 10.9. The quantitative estimate of drug-likeness (QED) is 0.609. The van der Waals surface area contributed by atoms with Crippen LogP contribution in [0.15, 0.2) is 47.0 Å². The number of hydrogen-bond donors (Lipinski definition) is 1. The number of nitrogens with one attached hydrogen (secondary N) is 1. The Labute approximate surface area is 173 Å². The van der Waals surface area contributed by atoms with Crippen LogP contribution in [-0.2, 0) is 11.2 Å². The first-order valence-electron chi connectivity index (χ1n) is 9.61. The zero-order chi connectivity index (χ0) is 21.7. The van der Waals surface area contributed by atoms with Gasteiger partial charge in [-0.1, -0.05) is 29.4 Å². The number of rotatable bonds is 8. The average Bonchev–Trinajstić information content (AvgIpc) is 3.17. The highest BCUT2D eigenvalue weighted by molar-refractivity contribution is 5.76. The van der Waals surface area contributed by atoms with Gasteiger partial charge < -0.3 is 14.7 Å². The Morgan fingerprint density at radius 2 is 2.00 bits per heavy atom. The van der Waals surface area contributed by atoms with Crippen LogP contribution >= 0.6 is 0 Å². The smallest absolute Gasteiger partial charge is 0.227 e. The molecular weight excluding hydrogens is 390 g/mol. The maximum Gasteiger partial charge on any atom is 0.227 e. The second kappa shape index (κ2) is 9.58. The standard InChI is InChI=1S/C22H24F2N4O2/c1-14-7-8-16(12-18(14)24)22-26-21(30-27-22)10-9-20(29)25-13-19(28(2)3)15-5-4-6-17(23)11-15/h4-8,11-12,19H,9-10,13H2,1-3H3,(H,25,29). The van der Waals surface area contributed by atoms with Crippen molar-refractivity contribution in [3.8, 4) is 11.4 Å². The van der Waals surface area contributed by atoms with Crippen molar-refractivity contribution in [1.29, 1.82) is 0 Å². The SMILES string of the molecule is Cc1ccc(-c2noc(CCC(=O)NCC(c3cccc(F)c3)N(C)C)n2)cc1F. The molecular formula is C22H24F2N4O2. The Balaban J connectivity index is 1.54. The van der Waals surface area contributed by atoms with E-state index >= 15 is 0 Å². The summed E-state index contributed by atoms with van der Waals surface area (Å²) in [5, 5.41) is 6.72. The van der Waals surface area contributed by atoms with Crippen LogP contribution in [-0.4, -0.2) is 41.6 Å². The van der Waals surface area contributed by atoms with Gasteiger partial charge in [0.15, 0.2) is 0 Å². The van der Waals surface area contributed by atoms with E-state index in [1.807, 2.05) is 25.1 Å². The minimum Gasteiger partial charge on any atom is -0.354 e. The van der Waals surface area contributed by atoms with E-state index in [0.717, 1.165) is 5.56 Å². The van der Waals surface area contributed by atoms with Gasteiger partial charge >= 0.3 is 0 Å². The Bertz CT molecular complexity index is 1020. The monoisotopic (exact) mass is 414 g/mol. The largest absolute Gasteiger partial charge is 0.354 e. The van der Waals surface area contributed by atoms with Gasteiger partial charge in [0.25, 0.3) is 0 Å². The van der Waals surface area contributed by atoms with Gasteiger partial charge in [-0.05, 0) is 50.3 Å². The summed E-state index contributed by atoms with van der Waals surface area (Å²) in [4.78, 5) is 18.4. The molecule has 3 rings (SSSR count). The molecule has 1 amide bonds. The Morgan fingerprint density at radius 3 is 2.70 bits per heavy atom. The van der Waals surface area contributed by atoms with E-state index in [-0.39, 0.29) is 42.2 Å². The van der Waals surface area contributed by atoms with Crippen LogP contribution in [0.25, 0.3) is 11.4 Å². The maximum absolute atomic E-state index is 13.7. The van der Waals surface area contributed by atoms with E-state index in [2.05, 4.69) is 15.5 Å². The van der Waals surface area contributed by atoms with Crippen LogP contribution in [0.2, 0.25) is 0 Å². The van der Waals surface area contributed by atoms with Crippen molar-refractivity contribution in [3.63, 3.8) is 0 Å². The van der Waals surface area contributed by atoms with Gasteiger partial charge in [-0.15, -0.1) is 0 Å². The molecule has 0 radical (unpaired) electrons. The number of aromatic nitrogens is 2. The number of hydrogen-bond acceptors (Lipinski definition) is 5. The first kappa shape index (κ1) is 21.6. The van der Waals surface area contributed by atoms with Crippen molar-refractivity contribution in [3.05, 3.63) is 71.1 Å². The molecule has 0 bridgehead atoms. The van der Waals surface area contributed by atoms with Gasteiger partial charge in [0.1, 0.15) is 11.6 Å². The lowest BCUT2D eigenvalue weighted by Crippen LogP contribution is -2.34. The van der Waals surface area contributed by atoms with E-state index < -0.39 is 0 Å². The number of carbonyl (C=O) groups excluding carboxylic acids is 1. The fourth-order valence-corrected chi connectivity index (χ4v) is 3.04. The van der Waals surface area contributed by atoms with E-state index in [0.29, 0.717) is 23.6 Å². The first-order chi connectivity index (χ1) is 14.3. The summed E-state index contributed by atoms with van der Waals surface area (Å²) in [5.74, 6) is -0.254. The second-order valence-electron chi connectivity index (χ2n) is 7.31. The van der Waals surface area contributed by atoms with Gasteiger partial charge in [-0.2, -0.15) is 4.98 Å². The van der Waals surface area contributed by atoms with Crippen molar-refractivity contribution >= 4 is 5.91 Å². The third kappa shape index (κ3) is 5.48. The van der Waals surface area contributed by atoms with Gasteiger partial charge in [-0.3, -0.25) is 4.79 Å². The molecule has 1 aromatic heterocycles. The van der Waals surface area contributed by atoms with Gasteiger partial charge in [0, 0.05) is 24.9 Å². The first-order valence-corrected chi connectivity index (χ1v) is 9.61. The van der Waals surface area contributed by atoms with E-state index in [1.54, 1.807) is 25.1 Å². The van der Waals surface area contributed by atoms with Crippen molar-refractivity contribution in [2.75, 3.05) is 20.6 Å². The number of benzene rings is 2. The lowest BCUT2D eigenvalue weighted by molar-refractivity contribution is -0.121. The predicted octanol–water partition coefficient (Wildman–Crippen LogP) is 3.67. The van der Waals surface area contributed by atoms with Crippen LogP contribution in [0.1, 0.15) is 29.5 Å². The van der Waals surface area contributed by atoms with Crippen molar-refractivity contribution in [2.45, 2.75) is 25.8 Å². The number of likely N-dealkylation sites (N-methyl/N-ethyl adjacent to an activating group) is 1. The topological polar surface area (TPSA) is 71.3 Å². The summed E-state index contributed by atoms with van der Waals surface area (Å²) in [6.07, 6.45) is 0.424. The van der Waals surface area contributed by atoms with Crippen molar-refractivity contribution in [1.82, 2.24) is 20.4 Å². The number of aryl methyl sites for hydroxylation is 2. The number of halogens is 2. The molecule has 1 heterocycles. The minimum absolute atomic E-state index is 0.156. The van der Waals surface area contributed by atoms with Crippen LogP contribution in [0.4, 0.5) is 8.78 Å². The predicted molar refractivity (Wildman–Crippen MR) is 109 cm³/mol. The maximum atomic E-state index is 13.7. The van der Waals surface area contributed by atoms with Gasteiger partial charge in [0.05, 0.1) is 6.04 Å². The van der Waals surface area contributed by atoms with Crippen LogP contribution in [0.5, 0.6) is 0 Å². The van der Waals surface area contributed by atoms with E-state index in [4.69, 9.17) is 4.52 Å². The normalized spacial score (nSPS) is 12.2. The Kier molecular flexibility index (Phi) is 6.89. The highest BCUT2D eigenvalue weighted by Gasteiger charge is 2.17. The van der Waals surface area contributed by atoms with Crippen LogP contribution in [0, 0.1) is 18.6 Å². The number of amides is 1. The summed E-state index contributed by atoms with van der Waals surface area (Å²) in [5.41, 5.74) is 1.84. The molecule has 1 atom stereocenters. The Hall–Kier alpha value is -3.13. The fourth-order valence-electron chi connectivity index (χ4n) is 3.04. The highest BCUT2D eigenvalue weighted by atomic mass is 19.1. The van der Waals surface area contributed by atoms with E-state index in [1.165, 1.54) is 18.2 Å². The van der Waals surface area contributed by atoms with Crippen LogP contribution in [0.3, 0.4) is 0 Å². The molecule has 1 N–H and O–H groups in total. The molecule has 0 aliphatic heterocycles. The van der Waals surface area contributed by atoms with Gasteiger partial charge in [-0.25, -0.2) is 8.78 Å². The molecule has 3 aromatic rings. The zero-order valence-electron chi connectivity index (χ0n) is 17.2. The molecule has 2 aromatic carbocycles. The molecule has 0 aliphatic carbocycles. The third-order valence-electron chi connectivity index (χ3n) is 4.81. The molecule has 0 spiro atoms. The van der Waals surface area contributed by atoms with Crippen molar-refractivity contribution in [2.24, 2.45) is 0 Å². The Morgan fingerprint density at radius 1 is 1.20 bits per heavy atom. The van der Waals surface area contributed by atoms with E-state index in [9.17, 15) is 13.6 Å². The fraction of sp³-hybridized carbons (Fsp3) is 0.318. The lowest BCUT2D eigenvalue weighted by Gasteiger charge is -2.25. The van der Waals surface area contributed by atoms with Crippen molar-refractivity contribution < 1.29 is 18.1 Å². The molecule has 30 heavy (non-hydrogen) atoms. The zero-order valence-corrected chi connectivity index (χ0v) is 17.2. The highest BCUT2D eigenvalue weighted by Crippen LogP contribution is 2.20. The molecule has 1 unspecified atom stereocenters. The molecule has 0 fully saturated rings. The van der Waals surface area contributed by atoms with Gasteiger partial charge in [0.2, 0.25) is 17.6 Å². The third-order valence-corrected chi connectivity index (χ3v) is 4.81. The molecule has 0 aliphatic rings. The molecule has 8 heteroatoms. The molecule has 6 nitrogen and oxygen atoms in total. The lowest BCUT2D eigenvalue weighted by atomic mass is 10.1. The second-order valence-corrected chi connectivity index (χ2v) is 7.31. The molecule has 0 saturated heterocycles. The summed E-state index contributed by atoms with van der Waals surface area (Å²) in [6.45, 7) is 2.02. The number of carbonyl (C=O) groups is 1.